The van der Waals surface area contributed by atoms with E-state index in [0.717, 1.165) is 35.8 Å². The Balaban J connectivity index is 1.79. The lowest BCUT2D eigenvalue weighted by Crippen LogP contribution is -2.28. The number of nitrogens with one attached hydrogen (secondary N) is 1. The van der Waals surface area contributed by atoms with Gasteiger partial charge in [0.2, 0.25) is 0 Å². The Morgan fingerprint density at radius 2 is 2.17 bits per heavy atom. The number of halogens is 1. The molecule has 1 aliphatic heterocycles. The first-order valence-corrected chi connectivity index (χ1v) is 7.76. The molecular weight excluding hydrogens is 290 g/mol. The number of para-hydroxylation sites is 1. The summed E-state index contributed by atoms with van der Waals surface area (Å²) in [5.74, 6) is 2.48. The fraction of sp³-hybridized carbons (Fsp3) is 0.600. The van der Waals surface area contributed by atoms with Crippen molar-refractivity contribution in [2.45, 2.75) is 31.6 Å². The second-order valence-corrected chi connectivity index (χ2v) is 6.31. The van der Waals surface area contributed by atoms with Gasteiger partial charge in [0.25, 0.3) is 0 Å². The van der Waals surface area contributed by atoms with E-state index in [1.807, 2.05) is 0 Å². The smallest absolute Gasteiger partial charge is 0.136 e. The Morgan fingerprint density at radius 1 is 1.28 bits per heavy atom. The van der Waals surface area contributed by atoms with E-state index in [0.29, 0.717) is 5.92 Å². The first kappa shape index (κ1) is 12.5. The van der Waals surface area contributed by atoms with Gasteiger partial charge in [0.05, 0.1) is 11.1 Å². The Kier molecular flexibility index (Phi) is 3.90. The number of ether oxygens (including phenoxy) is 1. The molecule has 1 aliphatic carbocycles. The third kappa shape index (κ3) is 2.89. The van der Waals surface area contributed by atoms with Crippen LogP contribution in [0, 0.1) is 5.92 Å². The number of hydrogen-bond acceptors (Lipinski definition) is 2. The van der Waals surface area contributed by atoms with E-state index in [-0.39, 0.29) is 0 Å². The molecule has 1 heterocycles. The predicted octanol–water partition coefficient (Wildman–Crippen LogP) is 3.70. The third-order valence-electron chi connectivity index (χ3n) is 3.89. The van der Waals surface area contributed by atoms with Crippen LogP contribution >= 0.6 is 15.9 Å². The Hall–Kier alpha value is -0.540. The van der Waals surface area contributed by atoms with Crippen molar-refractivity contribution in [3.8, 4) is 5.75 Å². The molecular formula is C15H20BrNO. The molecule has 3 heteroatoms. The summed E-state index contributed by atoms with van der Waals surface area (Å²) in [4.78, 5) is 0. The van der Waals surface area contributed by atoms with Crippen molar-refractivity contribution in [1.82, 2.24) is 5.32 Å². The Bertz CT molecular complexity index is 411. The molecule has 2 nitrogen and oxygen atoms in total. The van der Waals surface area contributed by atoms with Crippen LogP contribution in [0.25, 0.3) is 0 Å². The van der Waals surface area contributed by atoms with E-state index in [4.69, 9.17) is 4.74 Å². The highest BCUT2D eigenvalue weighted by molar-refractivity contribution is 9.10. The van der Waals surface area contributed by atoms with Crippen LogP contribution in [0.5, 0.6) is 5.75 Å². The van der Waals surface area contributed by atoms with Gasteiger partial charge in [0.15, 0.2) is 0 Å². The SMILES string of the molecule is Brc1cccc(C2CCCNC2)c1OCC1CC1. The monoisotopic (exact) mass is 309 g/mol. The van der Waals surface area contributed by atoms with Crippen LogP contribution < -0.4 is 10.1 Å². The highest BCUT2D eigenvalue weighted by atomic mass is 79.9. The lowest BCUT2D eigenvalue weighted by molar-refractivity contribution is 0.290. The molecule has 1 N–H and O–H groups in total. The molecule has 1 aromatic carbocycles. The standard InChI is InChI=1S/C15H20BrNO/c16-14-5-1-4-13(12-3-2-8-17-9-12)15(14)18-10-11-6-7-11/h1,4-5,11-12,17H,2-3,6-10H2. The largest absolute Gasteiger partial charge is 0.492 e. The Morgan fingerprint density at radius 3 is 2.89 bits per heavy atom. The molecule has 0 spiro atoms. The lowest BCUT2D eigenvalue weighted by Gasteiger charge is -2.25. The summed E-state index contributed by atoms with van der Waals surface area (Å²) in [6, 6.07) is 6.44. The average molecular weight is 310 g/mol. The quantitative estimate of drug-likeness (QED) is 0.915. The summed E-state index contributed by atoms with van der Waals surface area (Å²) in [6.45, 7) is 3.12. The molecule has 1 aromatic rings. The molecule has 2 aliphatic rings. The first-order chi connectivity index (χ1) is 8.84. The van der Waals surface area contributed by atoms with Crippen molar-refractivity contribution in [2.24, 2.45) is 5.92 Å². The summed E-state index contributed by atoms with van der Waals surface area (Å²) in [7, 11) is 0. The molecule has 1 saturated carbocycles. The minimum Gasteiger partial charge on any atom is -0.492 e. The predicted molar refractivity (Wildman–Crippen MR) is 77.2 cm³/mol. The maximum atomic E-state index is 6.07. The van der Waals surface area contributed by atoms with E-state index < -0.39 is 0 Å². The van der Waals surface area contributed by atoms with Gasteiger partial charge in [-0.1, -0.05) is 12.1 Å². The van der Waals surface area contributed by atoms with Crippen molar-refractivity contribution in [1.29, 1.82) is 0 Å². The van der Waals surface area contributed by atoms with Gasteiger partial charge in [-0.15, -0.1) is 0 Å². The molecule has 3 rings (SSSR count). The van der Waals surface area contributed by atoms with E-state index >= 15 is 0 Å². The van der Waals surface area contributed by atoms with Crippen molar-refractivity contribution < 1.29 is 4.74 Å². The van der Waals surface area contributed by atoms with Crippen LogP contribution in [0.2, 0.25) is 0 Å². The minimum atomic E-state index is 0.602. The van der Waals surface area contributed by atoms with Crippen molar-refractivity contribution in [3.63, 3.8) is 0 Å². The summed E-state index contributed by atoms with van der Waals surface area (Å²) >= 11 is 3.64. The summed E-state index contributed by atoms with van der Waals surface area (Å²) in [6.07, 6.45) is 5.21. The van der Waals surface area contributed by atoms with Gasteiger partial charge in [-0.05, 0) is 65.7 Å². The van der Waals surface area contributed by atoms with Gasteiger partial charge >= 0.3 is 0 Å². The van der Waals surface area contributed by atoms with Gasteiger partial charge in [0.1, 0.15) is 5.75 Å². The van der Waals surface area contributed by atoms with Crippen LogP contribution in [0.3, 0.4) is 0 Å². The minimum absolute atomic E-state index is 0.602. The molecule has 98 valence electrons. The highest BCUT2D eigenvalue weighted by Crippen LogP contribution is 2.38. The Labute approximate surface area is 117 Å². The van der Waals surface area contributed by atoms with Crippen LogP contribution in [-0.2, 0) is 0 Å². The van der Waals surface area contributed by atoms with Crippen LogP contribution in [0.4, 0.5) is 0 Å². The zero-order valence-corrected chi connectivity index (χ0v) is 12.2. The van der Waals surface area contributed by atoms with Gasteiger partial charge in [-0.25, -0.2) is 0 Å². The van der Waals surface area contributed by atoms with Crippen molar-refractivity contribution >= 4 is 15.9 Å². The van der Waals surface area contributed by atoms with E-state index in [1.165, 1.54) is 31.2 Å². The second-order valence-electron chi connectivity index (χ2n) is 5.46. The average Bonchev–Trinajstić information content (AvgIpc) is 3.22. The van der Waals surface area contributed by atoms with Gasteiger partial charge in [0, 0.05) is 12.5 Å². The van der Waals surface area contributed by atoms with Gasteiger partial charge in [-0.3, -0.25) is 0 Å². The number of hydrogen-bond donors (Lipinski definition) is 1. The first-order valence-electron chi connectivity index (χ1n) is 6.96. The molecule has 0 radical (unpaired) electrons. The molecule has 0 bridgehead atoms. The molecule has 2 fully saturated rings. The molecule has 1 atom stereocenters. The molecule has 18 heavy (non-hydrogen) atoms. The van der Waals surface area contributed by atoms with Crippen LogP contribution in [0.15, 0.2) is 22.7 Å². The van der Waals surface area contributed by atoms with E-state index in [1.54, 1.807) is 0 Å². The van der Waals surface area contributed by atoms with Crippen LogP contribution in [-0.4, -0.2) is 19.7 Å². The summed E-state index contributed by atoms with van der Waals surface area (Å²) in [5.41, 5.74) is 1.37. The molecule has 1 unspecified atom stereocenters. The van der Waals surface area contributed by atoms with Crippen molar-refractivity contribution in [2.75, 3.05) is 19.7 Å². The van der Waals surface area contributed by atoms with Gasteiger partial charge < -0.3 is 10.1 Å². The number of rotatable bonds is 4. The highest BCUT2D eigenvalue weighted by Gasteiger charge is 2.25. The number of piperidine rings is 1. The molecule has 0 amide bonds. The number of benzene rings is 1. The zero-order chi connectivity index (χ0) is 12.4. The maximum Gasteiger partial charge on any atom is 0.136 e. The van der Waals surface area contributed by atoms with E-state index in [2.05, 4.69) is 39.4 Å². The van der Waals surface area contributed by atoms with E-state index in [9.17, 15) is 0 Å². The zero-order valence-electron chi connectivity index (χ0n) is 10.6. The topological polar surface area (TPSA) is 21.3 Å². The fourth-order valence-corrected chi connectivity index (χ4v) is 3.10. The maximum absolute atomic E-state index is 6.07. The molecule has 1 saturated heterocycles. The fourth-order valence-electron chi connectivity index (χ4n) is 2.60. The van der Waals surface area contributed by atoms with Crippen molar-refractivity contribution in [3.05, 3.63) is 28.2 Å². The third-order valence-corrected chi connectivity index (χ3v) is 4.52. The summed E-state index contributed by atoms with van der Waals surface area (Å²) < 4.78 is 7.17. The lowest BCUT2D eigenvalue weighted by atomic mass is 9.91. The van der Waals surface area contributed by atoms with Crippen LogP contribution in [0.1, 0.15) is 37.2 Å². The molecule has 0 aromatic heterocycles. The summed E-state index contributed by atoms with van der Waals surface area (Å²) in [5, 5.41) is 3.49. The second kappa shape index (κ2) is 5.62. The van der Waals surface area contributed by atoms with Gasteiger partial charge in [-0.2, -0.15) is 0 Å². The normalized spacial score (nSPS) is 23.9.